The van der Waals surface area contributed by atoms with Gasteiger partial charge in [-0.3, -0.25) is 0 Å². The Bertz CT molecular complexity index is 404. The van der Waals surface area contributed by atoms with Crippen molar-refractivity contribution in [1.29, 1.82) is 0 Å². The lowest BCUT2D eigenvalue weighted by atomic mass is 9.98. The molecule has 0 radical (unpaired) electrons. The van der Waals surface area contributed by atoms with E-state index in [9.17, 15) is 0 Å². The highest BCUT2D eigenvalue weighted by Gasteiger charge is 2.19. The normalized spacial score (nSPS) is 25.8. The van der Waals surface area contributed by atoms with E-state index < -0.39 is 0 Å². The average molecular weight is 306 g/mol. The molecule has 1 saturated carbocycles. The van der Waals surface area contributed by atoms with E-state index in [1.807, 2.05) is 11.8 Å². The Kier molecular flexibility index (Phi) is 7.66. The molecule has 1 fully saturated rings. The number of hydrogen-bond acceptors (Lipinski definition) is 2. The predicted molar refractivity (Wildman–Crippen MR) is 95.0 cm³/mol. The standard InChI is InChI=1S/C19H31NS/c1-16-12-10-11-14-18(16)21-19-15-9-7-5-3-2-4-6-8-13-17(19)20/h10-12,14,17,19H,2-9,13,15,20H2,1H3. The summed E-state index contributed by atoms with van der Waals surface area (Å²) in [7, 11) is 0. The van der Waals surface area contributed by atoms with E-state index in [0.29, 0.717) is 11.3 Å². The fourth-order valence-electron chi connectivity index (χ4n) is 3.18. The predicted octanol–water partition coefficient (Wildman–Crippen LogP) is 5.70. The summed E-state index contributed by atoms with van der Waals surface area (Å²) in [6, 6.07) is 9.09. The molecular formula is C19H31NS. The van der Waals surface area contributed by atoms with E-state index >= 15 is 0 Å². The van der Waals surface area contributed by atoms with Crippen LogP contribution in [0.15, 0.2) is 29.2 Å². The minimum absolute atomic E-state index is 0.356. The maximum absolute atomic E-state index is 6.54. The third-order valence-corrected chi connectivity index (χ3v) is 6.23. The quantitative estimate of drug-likeness (QED) is 0.758. The van der Waals surface area contributed by atoms with Crippen LogP contribution in [0.3, 0.4) is 0 Å². The van der Waals surface area contributed by atoms with Gasteiger partial charge in [0.2, 0.25) is 0 Å². The van der Waals surface area contributed by atoms with Crippen molar-refractivity contribution < 1.29 is 0 Å². The van der Waals surface area contributed by atoms with Crippen molar-refractivity contribution in [3.63, 3.8) is 0 Å². The summed E-state index contributed by atoms with van der Waals surface area (Å²) in [5.41, 5.74) is 7.93. The molecule has 2 rings (SSSR count). The summed E-state index contributed by atoms with van der Waals surface area (Å²) >= 11 is 2.02. The zero-order valence-corrected chi connectivity index (χ0v) is 14.3. The lowest BCUT2D eigenvalue weighted by molar-refractivity contribution is 0.473. The number of aryl methyl sites for hydroxylation is 1. The van der Waals surface area contributed by atoms with Gasteiger partial charge in [-0.15, -0.1) is 11.8 Å². The minimum Gasteiger partial charge on any atom is -0.327 e. The molecule has 1 aliphatic carbocycles. The number of hydrogen-bond donors (Lipinski definition) is 1. The van der Waals surface area contributed by atoms with Crippen LogP contribution >= 0.6 is 11.8 Å². The maximum atomic E-state index is 6.54. The number of benzene rings is 1. The molecule has 2 unspecified atom stereocenters. The molecule has 0 aliphatic heterocycles. The summed E-state index contributed by atoms with van der Waals surface area (Å²) in [5, 5.41) is 0.588. The van der Waals surface area contributed by atoms with Crippen molar-refractivity contribution >= 4 is 11.8 Å². The average Bonchev–Trinajstić information content (AvgIpc) is 2.48. The second-order valence-electron chi connectivity index (χ2n) is 6.49. The fraction of sp³-hybridized carbons (Fsp3) is 0.684. The van der Waals surface area contributed by atoms with Crippen molar-refractivity contribution in [2.24, 2.45) is 5.73 Å². The fourth-order valence-corrected chi connectivity index (χ4v) is 4.52. The molecule has 2 heteroatoms. The topological polar surface area (TPSA) is 26.0 Å². The number of thioether (sulfide) groups is 1. The molecule has 118 valence electrons. The summed E-state index contributed by atoms with van der Waals surface area (Å²) in [6.45, 7) is 2.21. The molecule has 0 bridgehead atoms. The summed E-state index contributed by atoms with van der Waals surface area (Å²) < 4.78 is 0. The zero-order valence-electron chi connectivity index (χ0n) is 13.5. The first kappa shape index (κ1) is 16.9. The summed E-state index contributed by atoms with van der Waals surface area (Å²) in [6.07, 6.45) is 13.6. The van der Waals surface area contributed by atoms with Crippen LogP contribution in [0.4, 0.5) is 0 Å². The van der Waals surface area contributed by atoms with Gasteiger partial charge in [0.05, 0.1) is 0 Å². The largest absolute Gasteiger partial charge is 0.327 e. The van der Waals surface area contributed by atoms with Crippen molar-refractivity contribution in [3.8, 4) is 0 Å². The van der Waals surface area contributed by atoms with Gasteiger partial charge < -0.3 is 5.73 Å². The van der Waals surface area contributed by atoms with Crippen molar-refractivity contribution in [2.75, 3.05) is 0 Å². The first-order valence-corrected chi connectivity index (χ1v) is 9.63. The second-order valence-corrected chi connectivity index (χ2v) is 7.77. The van der Waals surface area contributed by atoms with Gasteiger partial charge in [-0.1, -0.05) is 69.6 Å². The van der Waals surface area contributed by atoms with Gasteiger partial charge in [0.25, 0.3) is 0 Å². The van der Waals surface area contributed by atoms with Gasteiger partial charge in [0.1, 0.15) is 0 Å². The third kappa shape index (κ3) is 6.04. The van der Waals surface area contributed by atoms with Crippen LogP contribution in [0, 0.1) is 6.92 Å². The summed E-state index contributed by atoms with van der Waals surface area (Å²) in [4.78, 5) is 1.42. The molecular weight excluding hydrogens is 274 g/mol. The third-order valence-electron chi connectivity index (χ3n) is 4.63. The summed E-state index contributed by atoms with van der Waals surface area (Å²) in [5.74, 6) is 0. The molecule has 2 N–H and O–H groups in total. The maximum Gasteiger partial charge on any atom is 0.0246 e. The van der Waals surface area contributed by atoms with Crippen LogP contribution in [0.5, 0.6) is 0 Å². The molecule has 1 nitrogen and oxygen atoms in total. The van der Waals surface area contributed by atoms with E-state index in [-0.39, 0.29) is 0 Å². The Morgan fingerprint density at radius 3 is 2.10 bits per heavy atom. The van der Waals surface area contributed by atoms with E-state index in [4.69, 9.17) is 5.73 Å². The van der Waals surface area contributed by atoms with Crippen molar-refractivity contribution in [1.82, 2.24) is 0 Å². The smallest absolute Gasteiger partial charge is 0.0246 e. The number of nitrogens with two attached hydrogens (primary N) is 1. The van der Waals surface area contributed by atoms with E-state index in [0.717, 1.165) is 0 Å². The van der Waals surface area contributed by atoms with Crippen LogP contribution in [0.1, 0.15) is 69.8 Å². The Labute approximate surface area is 135 Å². The van der Waals surface area contributed by atoms with Gasteiger partial charge in [0, 0.05) is 16.2 Å². The molecule has 21 heavy (non-hydrogen) atoms. The first-order chi connectivity index (χ1) is 10.3. The Morgan fingerprint density at radius 2 is 1.43 bits per heavy atom. The van der Waals surface area contributed by atoms with E-state index in [1.165, 1.54) is 74.7 Å². The Balaban J connectivity index is 1.96. The molecule has 1 aromatic carbocycles. The molecule has 1 aromatic rings. The van der Waals surface area contributed by atoms with Crippen LogP contribution in [-0.2, 0) is 0 Å². The lowest BCUT2D eigenvalue weighted by Gasteiger charge is -2.25. The van der Waals surface area contributed by atoms with Gasteiger partial charge >= 0.3 is 0 Å². The molecule has 2 atom stereocenters. The highest BCUT2D eigenvalue weighted by Crippen LogP contribution is 2.32. The molecule has 0 saturated heterocycles. The van der Waals surface area contributed by atoms with E-state index in [1.54, 1.807) is 0 Å². The minimum atomic E-state index is 0.356. The van der Waals surface area contributed by atoms with E-state index in [2.05, 4.69) is 31.2 Å². The van der Waals surface area contributed by atoms with Gasteiger partial charge in [-0.2, -0.15) is 0 Å². The monoisotopic (exact) mass is 305 g/mol. The Hall–Kier alpha value is -0.470. The zero-order chi connectivity index (χ0) is 14.9. The second kappa shape index (κ2) is 9.53. The van der Waals surface area contributed by atoms with Gasteiger partial charge in [0.15, 0.2) is 0 Å². The SMILES string of the molecule is Cc1ccccc1SC1CCCCCCCCCCC1N. The number of rotatable bonds is 2. The van der Waals surface area contributed by atoms with Crippen molar-refractivity contribution in [3.05, 3.63) is 29.8 Å². The molecule has 0 aromatic heterocycles. The highest BCUT2D eigenvalue weighted by molar-refractivity contribution is 8.00. The lowest BCUT2D eigenvalue weighted by Crippen LogP contribution is -2.32. The molecule has 0 amide bonds. The Morgan fingerprint density at radius 1 is 0.857 bits per heavy atom. The van der Waals surface area contributed by atoms with Crippen molar-refractivity contribution in [2.45, 2.75) is 87.3 Å². The first-order valence-electron chi connectivity index (χ1n) is 8.75. The highest BCUT2D eigenvalue weighted by atomic mass is 32.2. The van der Waals surface area contributed by atoms with Crippen LogP contribution in [0.2, 0.25) is 0 Å². The van der Waals surface area contributed by atoms with Crippen LogP contribution in [0.25, 0.3) is 0 Å². The van der Waals surface area contributed by atoms with Gasteiger partial charge in [-0.25, -0.2) is 0 Å². The van der Waals surface area contributed by atoms with Crippen LogP contribution < -0.4 is 5.73 Å². The molecule has 0 heterocycles. The molecule has 1 aliphatic rings. The van der Waals surface area contributed by atoms with Gasteiger partial charge in [-0.05, 0) is 31.4 Å². The molecule has 0 spiro atoms. The van der Waals surface area contributed by atoms with Crippen LogP contribution in [-0.4, -0.2) is 11.3 Å².